The monoisotopic (exact) mass is 375 g/mol. The summed E-state index contributed by atoms with van der Waals surface area (Å²) in [6, 6.07) is 5.33. The highest BCUT2D eigenvalue weighted by atomic mass is 79.9. The fraction of sp³-hybridized carbons (Fsp3) is 0.600. The number of hydrogen-bond acceptors (Lipinski definition) is 3. The molecule has 1 saturated heterocycles. The lowest BCUT2D eigenvalue weighted by Gasteiger charge is -2.46. The molecule has 1 aromatic rings. The Labute approximate surface area is 135 Å². The molecule has 0 aromatic heterocycles. The average molecular weight is 376 g/mol. The minimum atomic E-state index is -3.53. The standard InChI is InChI=1S/C15H22BrNO3S/c1-11-6-7-12(16)8-13(11)21(18,19)17-9-14(2,3)20-15(4,5)10-17/h6-8H,9-10H2,1-5H3. The molecular weight excluding hydrogens is 354 g/mol. The third-order valence-electron chi connectivity index (χ3n) is 3.43. The Hall–Kier alpha value is -0.430. The van der Waals surface area contributed by atoms with E-state index in [1.165, 1.54) is 4.31 Å². The van der Waals surface area contributed by atoms with Crippen molar-refractivity contribution in [2.75, 3.05) is 13.1 Å². The Kier molecular flexibility index (Phi) is 4.30. The van der Waals surface area contributed by atoms with Crippen molar-refractivity contribution >= 4 is 26.0 Å². The Balaban J connectivity index is 2.46. The molecule has 1 aliphatic rings. The normalized spacial score (nSPS) is 22.2. The van der Waals surface area contributed by atoms with Crippen LogP contribution in [0.15, 0.2) is 27.6 Å². The molecule has 0 unspecified atom stereocenters. The van der Waals surface area contributed by atoms with E-state index in [1.807, 2.05) is 46.8 Å². The van der Waals surface area contributed by atoms with Crippen LogP contribution in [0, 0.1) is 6.92 Å². The van der Waals surface area contributed by atoms with Gasteiger partial charge in [0.05, 0.1) is 16.1 Å². The van der Waals surface area contributed by atoms with Crippen molar-refractivity contribution in [2.24, 2.45) is 0 Å². The number of benzene rings is 1. The average Bonchev–Trinajstić information content (AvgIpc) is 2.28. The van der Waals surface area contributed by atoms with Gasteiger partial charge in [0.15, 0.2) is 0 Å². The molecule has 1 heterocycles. The summed E-state index contributed by atoms with van der Waals surface area (Å²) in [5.41, 5.74) is -0.260. The molecule has 21 heavy (non-hydrogen) atoms. The lowest BCUT2D eigenvalue weighted by atomic mass is 10.0. The highest BCUT2D eigenvalue weighted by molar-refractivity contribution is 9.10. The molecule has 118 valence electrons. The second-order valence-corrected chi connectivity index (χ2v) is 9.63. The Morgan fingerprint density at radius 3 is 2.19 bits per heavy atom. The summed E-state index contributed by atoms with van der Waals surface area (Å²) >= 11 is 3.35. The van der Waals surface area contributed by atoms with Crippen LogP contribution in [0.2, 0.25) is 0 Å². The summed E-state index contributed by atoms with van der Waals surface area (Å²) < 4.78 is 34.2. The van der Waals surface area contributed by atoms with Gasteiger partial charge in [-0.05, 0) is 52.3 Å². The van der Waals surface area contributed by atoms with Gasteiger partial charge in [0.2, 0.25) is 10.0 Å². The van der Waals surface area contributed by atoms with Crippen LogP contribution in [0.5, 0.6) is 0 Å². The molecule has 0 amide bonds. The van der Waals surface area contributed by atoms with Crippen molar-refractivity contribution in [3.05, 3.63) is 28.2 Å². The van der Waals surface area contributed by atoms with Crippen LogP contribution in [0.25, 0.3) is 0 Å². The lowest BCUT2D eigenvalue weighted by Crippen LogP contribution is -2.58. The number of halogens is 1. The third-order valence-corrected chi connectivity index (χ3v) is 5.86. The van der Waals surface area contributed by atoms with Gasteiger partial charge >= 0.3 is 0 Å². The number of morpholine rings is 1. The fourth-order valence-corrected chi connectivity index (χ4v) is 5.38. The first-order chi connectivity index (χ1) is 9.43. The van der Waals surface area contributed by atoms with Crippen LogP contribution in [-0.4, -0.2) is 37.0 Å². The first-order valence-corrected chi connectivity index (χ1v) is 9.13. The van der Waals surface area contributed by atoms with E-state index in [2.05, 4.69) is 15.9 Å². The van der Waals surface area contributed by atoms with Crippen LogP contribution < -0.4 is 0 Å². The first kappa shape index (κ1) is 16.9. The van der Waals surface area contributed by atoms with Gasteiger partial charge in [0, 0.05) is 17.6 Å². The minimum Gasteiger partial charge on any atom is -0.367 e. The number of nitrogens with zero attached hydrogens (tertiary/aromatic N) is 1. The maximum atomic E-state index is 13.0. The van der Waals surface area contributed by atoms with E-state index >= 15 is 0 Å². The first-order valence-electron chi connectivity index (χ1n) is 6.89. The summed E-state index contributed by atoms with van der Waals surface area (Å²) in [6.07, 6.45) is 0. The SMILES string of the molecule is Cc1ccc(Br)cc1S(=O)(=O)N1CC(C)(C)OC(C)(C)C1. The van der Waals surface area contributed by atoms with Crippen molar-refractivity contribution in [1.82, 2.24) is 4.31 Å². The van der Waals surface area contributed by atoms with Gasteiger partial charge < -0.3 is 4.74 Å². The van der Waals surface area contributed by atoms with Crippen molar-refractivity contribution in [1.29, 1.82) is 0 Å². The van der Waals surface area contributed by atoms with E-state index in [0.717, 1.165) is 10.0 Å². The predicted octanol–water partition coefficient (Wildman–Crippen LogP) is 3.34. The molecule has 1 aromatic carbocycles. The molecule has 6 heteroatoms. The fourth-order valence-electron chi connectivity index (χ4n) is 2.88. The highest BCUT2D eigenvalue weighted by Crippen LogP contribution is 2.33. The Bertz CT molecular complexity index is 637. The van der Waals surface area contributed by atoms with E-state index in [-0.39, 0.29) is 0 Å². The summed E-state index contributed by atoms with van der Waals surface area (Å²) in [5.74, 6) is 0. The number of rotatable bonds is 2. The molecule has 1 fully saturated rings. The van der Waals surface area contributed by atoms with Crippen molar-refractivity contribution < 1.29 is 13.2 Å². The van der Waals surface area contributed by atoms with Gasteiger partial charge in [-0.1, -0.05) is 22.0 Å². The zero-order valence-electron chi connectivity index (χ0n) is 13.1. The second-order valence-electron chi connectivity index (χ2n) is 6.80. The van der Waals surface area contributed by atoms with E-state index in [1.54, 1.807) is 6.07 Å². The van der Waals surface area contributed by atoms with Gasteiger partial charge in [0.1, 0.15) is 0 Å². The molecule has 0 bridgehead atoms. The molecule has 1 aliphatic heterocycles. The molecule has 0 aliphatic carbocycles. The molecule has 2 rings (SSSR count). The van der Waals surface area contributed by atoms with E-state index in [0.29, 0.717) is 18.0 Å². The number of hydrogen-bond donors (Lipinski definition) is 0. The summed E-state index contributed by atoms with van der Waals surface area (Å²) in [4.78, 5) is 0.352. The lowest BCUT2D eigenvalue weighted by molar-refractivity contribution is -0.163. The smallest absolute Gasteiger partial charge is 0.243 e. The van der Waals surface area contributed by atoms with Gasteiger partial charge in [-0.2, -0.15) is 4.31 Å². The number of aryl methyl sites for hydroxylation is 1. The van der Waals surface area contributed by atoms with Gasteiger partial charge in [0.25, 0.3) is 0 Å². The van der Waals surface area contributed by atoms with Gasteiger partial charge in [-0.25, -0.2) is 8.42 Å². The number of ether oxygens (including phenoxy) is 1. The topological polar surface area (TPSA) is 46.6 Å². The zero-order chi connectivity index (χ0) is 16.1. The maximum Gasteiger partial charge on any atom is 0.243 e. The molecule has 4 nitrogen and oxygen atoms in total. The summed E-state index contributed by atoms with van der Waals surface area (Å²) in [6.45, 7) is 10.2. The van der Waals surface area contributed by atoms with Crippen LogP contribution in [-0.2, 0) is 14.8 Å². The zero-order valence-corrected chi connectivity index (χ0v) is 15.5. The van der Waals surface area contributed by atoms with Gasteiger partial charge in [-0.15, -0.1) is 0 Å². The summed E-state index contributed by atoms with van der Waals surface area (Å²) in [7, 11) is -3.53. The van der Waals surface area contributed by atoms with Gasteiger partial charge in [-0.3, -0.25) is 0 Å². The largest absolute Gasteiger partial charge is 0.367 e. The van der Waals surface area contributed by atoms with E-state index in [4.69, 9.17) is 4.74 Å². The molecule has 0 N–H and O–H groups in total. The van der Waals surface area contributed by atoms with E-state index in [9.17, 15) is 8.42 Å². The van der Waals surface area contributed by atoms with Crippen LogP contribution in [0.1, 0.15) is 33.3 Å². The van der Waals surface area contributed by atoms with E-state index < -0.39 is 21.2 Å². The van der Waals surface area contributed by atoms with Crippen molar-refractivity contribution in [3.63, 3.8) is 0 Å². The van der Waals surface area contributed by atoms with Crippen LogP contribution in [0.4, 0.5) is 0 Å². The molecule has 0 radical (unpaired) electrons. The quantitative estimate of drug-likeness (QED) is 0.796. The molecule has 0 saturated carbocycles. The highest BCUT2D eigenvalue weighted by Gasteiger charge is 2.43. The number of sulfonamides is 1. The van der Waals surface area contributed by atoms with Crippen molar-refractivity contribution in [2.45, 2.75) is 50.7 Å². The minimum absolute atomic E-state index is 0.352. The third kappa shape index (κ3) is 3.67. The molecule has 0 spiro atoms. The van der Waals surface area contributed by atoms with Crippen molar-refractivity contribution in [3.8, 4) is 0 Å². The Morgan fingerprint density at radius 2 is 1.67 bits per heavy atom. The molecule has 0 atom stereocenters. The Morgan fingerprint density at radius 1 is 1.14 bits per heavy atom. The van der Waals surface area contributed by atoms with Crippen LogP contribution >= 0.6 is 15.9 Å². The predicted molar refractivity (Wildman–Crippen MR) is 86.9 cm³/mol. The second kappa shape index (κ2) is 5.33. The molecular formula is C15H22BrNO3S. The maximum absolute atomic E-state index is 13.0. The van der Waals surface area contributed by atoms with Crippen LogP contribution in [0.3, 0.4) is 0 Å². The summed E-state index contributed by atoms with van der Waals surface area (Å²) in [5, 5.41) is 0.